The lowest BCUT2D eigenvalue weighted by molar-refractivity contribution is 0.282. The molecule has 0 radical (unpaired) electrons. The van der Waals surface area contributed by atoms with E-state index in [2.05, 4.69) is 16.5 Å². The zero-order chi connectivity index (χ0) is 23.8. The van der Waals surface area contributed by atoms with E-state index in [4.69, 9.17) is 30.8 Å². The summed E-state index contributed by atoms with van der Waals surface area (Å²) in [4.78, 5) is 27.7. The molecule has 6 N–H and O–H groups in total. The molecule has 33 heavy (non-hydrogen) atoms. The zero-order valence-electron chi connectivity index (χ0n) is 18.7. The van der Waals surface area contributed by atoms with Crippen LogP contribution in [0.25, 0.3) is 21.9 Å². The number of unbranched alkanes of at least 4 members (excludes halogenated alkanes) is 1. The van der Waals surface area contributed by atoms with Crippen LogP contribution in [0.5, 0.6) is 5.75 Å². The molecule has 0 saturated heterocycles. The van der Waals surface area contributed by atoms with E-state index in [0.29, 0.717) is 30.0 Å². The van der Waals surface area contributed by atoms with Crippen molar-refractivity contribution >= 4 is 35.6 Å². The van der Waals surface area contributed by atoms with Gasteiger partial charge in [-0.2, -0.15) is 0 Å². The fourth-order valence-electron chi connectivity index (χ4n) is 4.05. The topological polar surface area (TPSA) is 150 Å². The number of aryl methyl sites for hydroxylation is 2. The third-order valence-corrected chi connectivity index (χ3v) is 6.07. The number of hydrogen-bond donors (Lipinski definition) is 4. The predicted octanol–water partition coefficient (Wildman–Crippen LogP) is 3.80. The third kappa shape index (κ3) is 4.86. The Morgan fingerprint density at radius 3 is 2.55 bits per heavy atom. The molecule has 2 heterocycles. The van der Waals surface area contributed by atoms with Crippen LogP contribution in [0.1, 0.15) is 42.3 Å². The van der Waals surface area contributed by atoms with Crippen molar-refractivity contribution < 1.29 is 18.9 Å². The molecule has 0 aliphatic rings. The monoisotopic (exact) mass is 469 g/mol. The number of phosphoric acid groups is 1. The van der Waals surface area contributed by atoms with Gasteiger partial charge in [0.1, 0.15) is 17.1 Å². The Kier molecular flexibility index (Phi) is 6.41. The van der Waals surface area contributed by atoms with E-state index in [1.165, 1.54) is 0 Å². The normalized spacial score (nSPS) is 12.0. The molecule has 2 aromatic heterocycles. The average Bonchev–Trinajstić information content (AvgIpc) is 3.12. The van der Waals surface area contributed by atoms with Gasteiger partial charge < -0.3 is 20.6 Å². The van der Waals surface area contributed by atoms with Gasteiger partial charge >= 0.3 is 7.82 Å². The van der Waals surface area contributed by atoms with E-state index < -0.39 is 7.82 Å². The van der Waals surface area contributed by atoms with Gasteiger partial charge in [0.2, 0.25) is 0 Å². The number of imidazole rings is 1. The summed E-state index contributed by atoms with van der Waals surface area (Å²) in [5.74, 6) is 1.45. The molecule has 0 saturated carbocycles. The first kappa shape index (κ1) is 23.2. The van der Waals surface area contributed by atoms with Crippen LogP contribution < -0.4 is 16.0 Å². The molecule has 174 valence electrons. The van der Waals surface area contributed by atoms with Crippen molar-refractivity contribution in [2.45, 2.75) is 46.2 Å². The largest absolute Gasteiger partial charge is 0.524 e. The van der Waals surface area contributed by atoms with E-state index in [-0.39, 0.29) is 5.75 Å². The Morgan fingerprint density at radius 2 is 1.88 bits per heavy atom. The molecule has 4 aromatic rings. The SMILES string of the molecule is CCCCc1nc2c(N)nc3cc(CN)ccc3c2n1Cc1ccc(OP(=O)(O)O)c(C)c1. The number of benzene rings is 2. The molecule has 9 nitrogen and oxygen atoms in total. The van der Waals surface area contributed by atoms with Crippen LogP contribution >= 0.6 is 7.82 Å². The smallest absolute Gasteiger partial charge is 0.404 e. The van der Waals surface area contributed by atoms with Crippen LogP contribution in [0.15, 0.2) is 36.4 Å². The molecular weight excluding hydrogens is 441 g/mol. The second-order valence-corrected chi connectivity index (χ2v) is 9.31. The number of nitrogens with two attached hydrogens (primary N) is 2. The average molecular weight is 469 g/mol. The third-order valence-electron chi connectivity index (χ3n) is 5.63. The maximum absolute atomic E-state index is 11.2. The predicted molar refractivity (Wildman–Crippen MR) is 129 cm³/mol. The summed E-state index contributed by atoms with van der Waals surface area (Å²) in [5.41, 5.74) is 17.0. The first-order chi connectivity index (χ1) is 15.7. The van der Waals surface area contributed by atoms with Crippen molar-refractivity contribution in [1.29, 1.82) is 0 Å². The fourth-order valence-corrected chi connectivity index (χ4v) is 4.51. The highest BCUT2D eigenvalue weighted by Crippen LogP contribution is 2.39. The van der Waals surface area contributed by atoms with Crippen LogP contribution in [0.2, 0.25) is 0 Å². The van der Waals surface area contributed by atoms with Gasteiger partial charge in [-0.15, -0.1) is 0 Å². The molecule has 0 fully saturated rings. The summed E-state index contributed by atoms with van der Waals surface area (Å²) in [6.07, 6.45) is 2.82. The quantitative estimate of drug-likeness (QED) is 0.285. The van der Waals surface area contributed by atoms with E-state index in [9.17, 15) is 4.57 Å². The Bertz CT molecular complexity index is 1380. The molecule has 10 heteroatoms. The molecule has 0 spiro atoms. The van der Waals surface area contributed by atoms with Crippen molar-refractivity contribution in [3.8, 4) is 5.75 Å². The lowest BCUT2D eigenvalue weighted by Gasteiger charge is -2.14. The minimum absolute atomic E-state index is 0.155. The van der Waals surface area contributed by atoms with Crippen LogP contribution in [0, 0.1) is 6.92 Å². The van der Waals surface area contributed by atoms with Crippen LogP contribution in [0.3, 0.4) is 0 Å². The number of rotatable bonds is 8. The Labute approximate surface area is 191 Å². The van der Waals surface area contributed by atoms with Gasteiger partial charge in [-0.25, -0.2) is 14.5 Å². The molecule has 0 amide bonds. The summed E-state index contributed by atoms with van der Waals surface area (Å²) in [6.45, 7) is 4.82. The minimum Gasteiger partial charge on any atom is -0.404 e. The maximum Gasteiger partial charge on any atom is 0.524 e. The van der Waals surface area contributed by atoms with Crippen LogP contribution in [-0.2, 0) is 24.1 Å². The highest BCUT2D eigenvalue weighted by Gasteiger charge is 2.20. The van der Waals surface area contributed by atoms with Gasteiger partial charge in [-0.1, -0.05) is 37.6 Å². The van der Waals surface area contributed by atoms with Gasteiger partial charge in [-0.05, 0) is 42.2 Å². The summed E-state index contributed by atoms with van der Waals surface area (Å²) >= 11 is 0. The second kappa shape index (κ2) is 9.11. The molecule has 4 rings (SSSR count). The number of hydrogen-bond acceptors (Lipinski definition) is 6. The molecule has 2 aromatic carbocycles. The summed E-state index contributed by atoms with van der Waals surface area (Å²) in [7, 11) is -4.62. The summed E-state index contributed by atoms with van der Waals surface area (Å²) in [6, 6.07) is 11.2. The van der Waals surface area contributed by atoms with E-state index in [1.54, 1.807) is 19.1 Å². The van der Waals surface area contributed by atoms with Crippen LogP contribution in [-0.4, -0.2) is 24.3 Å². The number of aromatic nitrogens is 3. The van der Waals surface area contributed by atoms with Crippen molar-refractivity contribution in [3.05, 3.63) is 58.9 Å². The number of fused-ring (bicyclic) bond motifs is 3. The molecule has 0 bridgehead atoms. The van der Waals surface area contributed by atoms with Gasteiger partial charge in [0, 0.05) is 24.9 Å². The number of anilines is 1. The summed E-state index contributed by atoms with van der Waals surface area (Å²) in [5, 5.41) is 0.949. The molecule has 0 unspecified atom stereocenters. The van der Waals surface area contributed by atoms with Crippen molar-refractivity contribution in [2.75, 3.05) is 5.73 Å². The number of phosphoric ester groups is 1. The number of pyridine rings is 1. The van der Waals surface area contributed by atoms with Gasteiger partial charge in [-0.3, -0.25) is 9.79 Å². The highest BCUT2D eigenvalue weighted by molar-refractivity contribution is 7.46. The number of nitrogens with zero attached hydrogens (tertiary/aromatic N) is 3. The summed E-state index contributed by atoms with van der Waals surface area (Å²) < 4.78 is 18.2. The number of nitrogen functional groups attached to an aromatic ring is 1. The van der Waals surface area contributed by atoms with Gasteiger partial charge in [0.15, 0.2) is 5.82 Å². The van der Waals surface area contributed by atoms with Crippen molar-refractivity contribution in [1.82, 2.24) is 14.5 Å². The van der Waals surface area contributed by atoms with Crippen molar-refractivity contribution in [3.63, 3.8) is 0 Å². The Balaban J connectivity index is 1.86. The molecule has 0 aliphatic carbocycles. The Hall–Kier alpha value is -2.97. The first-order valence-corrected chi connectivity index (χ1v) is 12.3. The van der Waals surface area contributed by atoms with E-state index in [0.717, 1.165) is 52.6 Å². The Morgan fingerprint density at radius 1 is 1.12 bits per heavy atom. The van der Waals surface area contributed by atoms with Gasteiger partial charge in [0.05, 0.1) is 11.0 Å². The van der Waals surface area contributed by atoms with E-state index in [1.807, 2.05) is 24.3 Å². The highest BCUT2D eigenvalue weighted by atomic mass is 31.2. The maximum atomic E-state index is 11.2. The van der Waals surface area contributed by atoms with Crippen molar-refractivity contribution in [2.24, 2.45) is 5.73 Å². The zero-order valence-corrected chi connectivity index (χ0v) is 19.5. The molecular formula is C23H28N5O4P. The second-order valence-electron chi connectivity index (χ2n) is 8.15. The standard InChI is InChI=1S/C23H28N5O4P/c1-3-4-5-20-27-21-22(17-8-6-15(12-24)11-18(17)26-23(21)25)28(20)13-16-7-9-19(14(2)10-16)32-33(29,30)31/h6-11H,3-5,12-13,24H2,1-2H3,(H2,25,26)(H2,29,30,31). The van der Waals surface area contributed by atoms with Gasteiger partial charge in [0.25, 0.3) is 0 Å². The molecule has 0 aliphatic heterocycles. The lowest BCUT2D eigenvalue weighted by Crippen LogP contribution is -2.06. The van der Waals surface area contributed by atoms with Crippen LogP contribution in [0.4, 0.5) is 5.82 Å². The van der Waals surface area contributed by atoms with E-state index >= 15 is 0 Å². The lowest BCUT2D eigenvalue weighted by atomic mass is 10.1. The molecule has 0 atom stereocenters. The first-order valence-electron chi connectivity index (χ1n) is 10.8. The minimum atomic E-state index is -4.62. The fraction of sp³-hybridized carbons (Fsp3) is 0.304.